The van der Waals surface area contributed by atoms with Crippen LogP contribution in [0.25, 0.3) is 0 Å². The van der Waals surface area contributed by atoms with Gasteiger partial charge < -0.3 is 10.6 Å². The highest BCUT2D eigenvalue weighted by atomic mass is 16.2. The number of likely N-dealkylation sites (tertiary alicyclic amines) is 1. The van der Waals surface area contributed by atoms with E-state index >= 15 is 0 Å². The quantitative estimate of drug-likeness (QED) is 0.741. The maximum Gasteiger partial charge on any atom is 0.239 e. The maximum atomic E-state index is 11.8. The second kappa shape index (κ2) is 4.78. The minimum Gasteiger partial charge on any atom is -0.341 e. The topological polar surface area (TPSA) is 46.3 Å². The molecular formula is C11H22N2O. The van der Waals surface area contributed by atoms with E-state index in [1.807, 2.05) is 4.90 Å². The Labute approximate surface area is 86.6 Å². The predicted molar refractivity (Wildman–Crippen MR) is 57.8 cm³/mol. The molecule has 3 heteroatoms. The maximum absolute atomic E-state index is 11.8. The van der Waals surface area contributed by atoms with Crippen LogP contribution in [0.4, 0.5) is 0 Å². The molecule has 0 bridgehead atoms. The lowest BCUT2D eigenvalue weighted by atomic mass is 10.0. The molecule has 0 aromatic heterocycles. The average Bonchev–Trinajstić information content (AvgIpc) is 2.46. The van der Waals surface area contributed by atoms with E-state index < -0.39 is 0 Å². The molecule has 3 atom stereocenters. The first kappa shape index (κ1) is 11.5. The first-order valence-corrected chi connectivity index (χ1v) is 5.60. The van der Waals surface area contributed by atoms with Gasteiger partial charge in [0.1, 0.15) is 0 Å². The standard InChI is InChI=1S/C11H22N2O/c1-4-5-10(12)11(14)13-6-8(2)9(3)7-13/h8-10H,4-7,12H2,1-3H3/t8?,9?,10-/m1/s1. The number of carbonyl (C=O) groups excluding carboxylic acids is 1. The number of carbonyl (C=O) groups is 1. The van der Waals surface area contributed by atoms with Gasteiger partial charge in [-0.25, -0.2) is 0 Å². The molecule has 1 fully saturated rings. The fourth-order valence-corrected chi connectivity index (χ4v) is 1.98. The summed E-state index contributed by atoms with van der Waals surface area (Å²) in [6, 6.07) is -0.280. The van der Waals surface area contributed by atoms with Crippen molar-refractivity contribution < 1.29 is 4.79 Å². The molecule has 1 amide bonds. The third kappa shape index (κ3) is 2.47. The van der Waals surface area contributed by atoms with Crippen LogP contribution in [-0.2, 0) is 4.79 Å². The summed E-state index contributed by atoms with van der Waals surface area (Å²) in [7, 11) is 0. The number of rotatable bonds is 3. The van der Waals surface area contributed by atoms with E-state index in [9.17, 15) is 4.79 Å². The van der Waals surface area contributed by atoms with Crippen molar-refractivity contribution in [3.8, 4) is 0 Å². The van der Waals surface area contributed by atoms with Crippen molar-refractivity contribution in [2.75, 3.05) is 13.1 Å². The van der Waals surface area contributed by atoms with Gasteiger partial charge in [-0.15, -0.1) is 0 Å². The van der Waals surface area contributed by atoms with Gasteiger partial charge in [0.2, 0.25) is 5.91 Å². The smallest absolute Gasteiger partial charge is 0.239 e. The van der Waals surface area contributed by atoms with Crippen LogP contribution in [0.5, 0.6) is 0 Å². The van der Waals surface area contributed by atoms with Crippen molar-refractivity contribution in [2.45, 2.75) is 39.7 Å². The molecule has 1 heterocycles. The minimum absolute atomic E-state index is 0.142. The lowest BCUT2D eigenvalue weighted by molar-refractivity contribution is -0.131. The second-order valence-corrected chi connectivity index (χ2v) is 4.59. The molecule has 1 saturated heterocycles. The number of hydrogen-bond donors (Lipinski definition) is 1. The molecule has 0 radical (unpaired) electrons. The third-order valence-electron chi connectivity index (χ3n) is 3.22. The molecule has 3 nitrogen and oxygen atoms in total. The lowest BCUT2D eigenvalue weighted by Gasteiger charge is -2.20. The zero-order valence-corrected chi connectivity index (χ0v) is 9.49. The Hall–Kier alpha value is -0.570. The van der Waals surface area contributed by atoms with Gasteiger partial charge in [-0.05, 0) is 18.3 Å². The van der Waals surface area contributed by atoms with Crippen LogP contribution in [-0.4, -0.2) is 29.9 Å². The van der Waals surface area contributed by atoms with Crippen molar-refractivity contribution in [1.29, 1.82) is 0 Å². The van der Waals surface area contributed by atoms with Crippen LogP contribution in [0.15, 0.2) is 0 Å². The van der Waals surface area contributed by atoms with E-state index in [1.54, 1.807) is 0 Å². The van der Waals surface area contributed by atoms with Gasteiger partial charge in [-0.1, -0.05) is 27.2 Å². The summed E-state index contributed by atoms with van der Waals surface area (Å²) in [6.45, 7) is 8.23. The van der Waals surface area contributed by atoms with Crippen LogP contribution in [0, 0.1) is 11.8 Å². The normalized spacial score (nSPS) is 29.3. The fourth-order valence-electron chi connectivity index (χ4n) is 1.98. The monoisotopic (exact) mass is 198 g/mol. The molecule has 14 heavy (non-hydrogen) atoms. The van der Waals surface area contributed by atoms with Gasteiger partial charge in [0.25, 0.3) is 0 Å². The summed E-state index contributed by atoms with van der Waals surface area (Å²) in [5.41, 5.74) is 5.81. The van der Waals surface area contributed by atoms with Gasteiger partial charge in [0.05, 0.1) is 6.04 Å². The van der Waals surface area contributed by atoms with E-state index in [4.69, 9.17) is 5.73 Å². The van der Waals surface area contributed by atoms with Gasteiger partial charge in [-0.3, -0.25) is 4.79 Å². The molecule has 0 spiro atoms. The Kier molecular flexibility index (Phi) is 3.93. The number of amides is 1. The molecule has 1 aliphatic rings. The summed E-state index contributed by atoms with van der Waals surface area (Å²) in [4.78, 5) is 13.8. The third-order valence-corrected chi connectivity index (χ3v) is 3.22. The Morgan fingerprint density at radius 2 is 1.93 bits per heavy atom. The molecule has 1 aliphatic heterocycles. The molecule has 0 aliphatic carbocycles. The Bertz CT molecular complexity index is 195. The number of nitrogens with zero attached hydrogens (tertiary/aromatic N) is 1. The van der Waals surface area contributed by atoms with Gasteiger partial charge in [-0.2, -0.15) is 0 Å². The molecular weight excluding hydrogens is 176 g/mol. The minimum atomic E-state index is -0.280. The summed E-state index contributed by atoms with van der Waals surface area (Å²) >= 11 is 0. The van der Waals surface area contributed by atoms with E-state index in [0.717, 1.165) is 25.9 Å². The van der Waals surface area contributed by atoms with Crippen molar-refractivity contribution in [3.63, 3.8) is 0 Å². The summed E-state index contributed by atoms with van der Waals surface area (Å²) in [5, 5.41) is 0. The van der Waals surface area contributed by atoms with Crippen molar-refractivity contribution in [1.82, 2.24) is 4.90 Å². The van der Waals surface area contributed by atoms with E-state index in [0.29, 0.717) is 11.8 Å². The highest BCUT2D eigenvalue weighted by Gasteiger charge is 2.31. The van der Waals surface area contributed by atoms with Crippen LogP contribution in [0.1, 0.15) is 33.6 Å². The molecule has 0 saturated carbocycles. The highest BCUT2D eigenvalue weighted by molar-refractivity contribution is 5.81. The first-order chi connectivity index (χ1) is 6.56. The van der Waals surface area contributed by atoms with Crippen molar-refractivity contribution in [2.24, 2.45) is 17.6 Å². The highest BCUT2D eigenvalue weighted by Crippen LogP contribution is 2.22. The summed E-state index contributed by atoms with van der Waals surface area (Å²) < 4.78 is 0. The lowest BCUT2D eigenvalue weighted by Crippen LogP contribution is -2.42. The Morgan fingerprint density at radius 3 is 2.36 bits per heavy atom. The molecule has 2 unspecified atom stereocenters. The van der Waals surface area contributed by atoms with Gasteiger partial charge in [0, 0.05) is 13.1 Å². The summed E-state index contributed by atoms with van der Waals surface area (Å²) in [6.07, 6.45) is 1.78. The zero-order valence-electron chi connectivity index (χ0n) is 9.49. The van der Waals surface area contributed by atoms with Crippen LogP contribution in [0.3, 0.4) is 0 Å². The van der Waals surface area contributed by atoms with E-state index in [2.05, 4.69) is 20.8 Å². The Morgan fingerprint density at radius 1 is 1.43 bits per heavy atom. The SMILES string of the molecule is CCC[C@@H](N)C(=O)N1CC(C)C(C)C1. The van der Waals surface area contributed by atoms with E-state index in [1.165, 1.54) is 0 Å². The molecule has 1 rings (SSSR count). The fraction of sp³-hybridized carbons (Fsp3) is 0.909. The van der Waals surface area contributed by atoms with Crippen LogP contribution >= 0.6 is 0 Å². The zero-order chi connectivity index (χ0) is 10.7. The van der Waals surface area contributed by atoms with Gasteiger partial charge in [0.15, 0.2) is 0 Å². The van der Waals surface area contributed by atoms with Gasteiger partial charge >= 0.3 is 0 Å². The molecule has 0 aromatic carbocycles. The van der Waals surface area contributed by atoms with Crippen molar-refractivity contribution >= 4 is 5.91 Å². The first-order valence-electron chi connectivity index (χ1n) is 5.60. The molecule has 0 aromatic rings. The van der Waals surface area contributed by atoms with Crippen LogP contribution in [0.2, 0.25) is 0 Å². The predicted octanol–water partition coefficient (Wildman–Crippen LogP) is 1.23. The molecule has 2 N–H and O–H groups in total. The second-order valence-electron chi connectivity index (χ2n) is 4.59. The number of hydrogen-bond acceptors (Lipinski definition) is 2. The molecule has 82 valence electrons. The largest absolute Gasteiger partial charge is 0.341 e. The van der Waals surface area contributed by atoms with Crippen LogP contribution < -0.4 is 5.73 Å². The average molecular weight is 198 g/mol. The van der Waals surface area contributed by atoms with Crippen molar-refractivity contribution in [3.05, 3.63) is 0 Å². The summed E-state index contributed by atoms with van der Waals surface area (Å²) in [5.74, 6) is 1.38. The number of nitrogens with two attached hydrogens (primary N) is 1. The van der Waals surface area contributed by atoms with E-state index in [-0.39, 0.29) is 11.9 Å². The Balaban J connectivity index is 2.46.